The molecule has 0 bridgehead atoms. The van der Waals surface area contributed by atoms with Crippen LogP contribution in [-0.2, 0) is 0 Å². The summed E-state index contributed by atoms with van der Waals surface area (Å²) in [5.41, 5.74) is 0. The van der Waals surface area contributed by atoms with Gasteiger partial charge in [0.25, 0.3) is 0 Å². The molecule has 0 rings (SSSR count). The summed E-state index contributed by atoms with van der Waals surface area (Å²) in [6, 6.07) is 0. The number of nitrogens with zero attached hydrogens (tertiary/aromatic N) is 1. The smallest absolute Gasteiger partial charge is 0.0431 e. The fourth-order valence-electron chi connectivity index (χ4n) is 5.70. The second-order valence-corrected chi connectivity index (χ2v) is 12.2. The van der Waals surface area contributed by atoms with E-state index in [0.29, 0.717) is 13.2 Å². The Morgan fingerprint density at radius 2 is 0.500 bits per heavy atom. The lowest BCUT2D eigenvalue weighted by molar-refractivity contribution is 0.254. The fraction of sp³-hybridized carbons (Fsp3) is 1.00. The standard InChI is InChI=1S/C35H73NO2/c1-2-3-4-5-6-11-16-21-26-31-36(32-27-22-17-12-7-9-14-19-24-29-34-37)33-28-23-18-13-8-10-15-20-25-30-35-38/h37-38H,2-35H2,1H3. The van der Waals surface area contributed by atoms with Crippen LogP contribution < -0.4 is 0 Å². The fourth-order valence-corrected chi connectivity index (χ4v) is 5.70. The Morgan fingerprint density at radius 1 is 0.289 bits per heavy atom. The van der Waals surface area contributed by atoms with Crippen molar-refractivity contribution in [2.75, 3.05) is 32.8 Å². The average molecular weight is 540 g/mol. The van der Waals surface area contributed by atoms with Crippen LogP contribution >= 0.6 is 0 Å². The summed E-state index contributed by atoms with van der Waals surface area (Å²) >= 11 is 0. The molecular formula is C35H73NO2. The molecule has 2 N–H and O–H groups in total. The van der Waals surface area contributed by atoms with Gasteiger partial charge in [-0.2, -0.15) is 0 Å². The Balaban J connectivity index is 3.86. The van der Waals surface area contributed by atoms with E-state index in [9.17, 15) is 0 Å². The number of unbranched alkanes of at least 4 members (excludes halogenated alkanes) is 26. The van der Waals surface area contributed by atoms with Gasteiger partial charge in [0.1, 0.15) is 0 Å². The molecule has 0 aromatic heterocycles. The van der Waals surface area contributed by atoms with E-state index in [1.165, 1.54) is 193 Å². The van der Waals surface area contributed by atoms with Crippen molar-refractivity contribution >= 4 is 0 Å². The summed E-state index contributed by atoms with van der Waals surface area (Å²) in [5.74, 6) is 0. The second kappa shape index (κ2) is 34.9. The van der Waals surface area contributed by atoms with Crippen molar-refractivity contribution in [3.05, 3.63) is 0 Å². The summed E-state index contributed by atoms with van der Waals surface area (Å²) in [5, 5.41) is 17.7. The lowest BCUT2D eigenvalue weighted by Gasteiger charge is -2.22. The SMILES string of the molecule is CCCCCCCCCCCN(CCCCCCCCCCCCO)CCCCCCCCCCCCO. The molecule has 0 fully saturated rings. The normalized spacial score (nSPS) is 11.7. The number of aliphatic hydroxyl groups excluding tert-OH is 2. The minimum absolute atomic E-state index is 0.365. The Labute approximate surface area is 240 Å². The van der Waals surface area contributed by atoms with Gasteiger partial charge in [0, 0.05) is 13.2 Å². The van der Waals surface area contributed by atoms with Crippen LogP contribution in [0.2, 0.25) is 0 Å². The molecule has 3 nitrogen and oxygen atoms in total. The van der Waals surface area contributed by atoms with Crippen LogP contribution in [0.4, 0.5) is 0 Å². The predicted octanol–water partition coefficient (Wildman–Crippen LogP) is 10.6. The molecule has 3 heteroatoms. The molecule has 0 amide bonds. The van der Waals surface area contributed by atoms with Crippen LogP contribution in [0.5, 0.6) is 0 Å². The molecule has 38 heavy (non-hydrogen) atoms. The molecule has 0 aliphatic rings. The largest absolute Gasteiger partial charge is 0.396 e. The predicted molar refractivity (Wildman–Crippen MR) is 170 cm³/mol. The monoisotopic (exact) mass is 540 g/mol. The van der Waals surface area contributed by atoms with Crippen molar-refractivity contribution in [2.45, 2.75) is 193 Å². The maximum absolute atomic E-state index is 8.86. The molecule has 0 aromatic carbocycles. The highest BCUT2D eigenvalue weighted by Crippen LogP contribution is 2.14. The van der Waals surface area contributed by atoms with Gasteiger partial charge in [0.15, 0.2) is 0 Å². The third-order valence-electron chi connectivity index (χ3n) is 8.34. The Kier molecular flexibility index (Phi) is 34.8. The van der Waals surface area contributed by atoms with E-state index >= 15 is 0 Å². The summed E-state index contributed by atoms with van der Waals surface area (Å²) in [6.45, 7) is 7.02. The van der Waals surface area contributed by atoms with E-state index in [1.54, 1.807) is 0 Å². The summed E-state index contributed by atoms with van der Waals surface area (Å²) in [7, 11) is 0. The highest BCUT2D eigenvalue weighted by molar-refractivity contribution is 4.61. The summed E-state index contributed by atoms with van der Waals surface area (Å²) in [4.78, 5) is 2.81. The molecule has 230 valence electrons. The topological polar surface area (TPSA) is 43.7 Å². The summed E-state index contributed by atoms with van der Waals surface area (Å²) in [6.07, 6.45) is 39.4. The molecule has 0 aliphatic heterocycles. The molecule has 0 spiro atoms. The van der Waals surface area contributed by atoms with Crippen molar-refractivity contribution in [3.63, 3.8) is 0 Å². The first-order valence-corrected chi connectivity index (χ1v) is 17.8. The number of hydrogen-bond donors (Lipinski definition) is 2. The van der Waals surface area contributed by atoms with Crippen molar-refractivity contribution < 1.29 is 10.2 Å². The Bertz CT molecular complexity index is 377. The molecule has 0 unspecified atom stereocenters. The lowest BCUT2D eigenvalue weighted by atomic mass is 10.1. The second-order valence-electron chi connectivity index (χ2n) is 12.2. The van der Waals surface area contributed by atoms with Crippen LogP contribution in [0.1, 0.15) is 193 Å². The molecule has 0 aromatic rings. The first kappa shape index (κ1) is 37.9. The zero-order valence-corrected chi connectivity index (χ0v) is 26.4. The molecule has 0 saturated heterocycles. The van der Waals surface area contributed by atoms with Crippen molar-refractivity contribution in [1.29, 1.82) is 0 Å². The minimum Gasteiger partial charge on any atom is -0.396 e. The van der Waals surface area contributed by atoms with E-state index in [-0.39, 0.29) is 0 Å². The molecule has 0 radical (unpaired) electrons. The molecule has 0 heterocycles. The molecule has 0 atom stereocenters. The third-order valence-corrected chi connectivity index (χ3v) is 8.34. The van der Waals surface area contributed by atoms with Crippen molar-refractivity contribution in [1.82, 2.24) is 4.90 Å². The van der Waals surface area contributed by atoms with Crippen molar-refractivity contribution in [3.8, 4) is 0 Å². The van der Waals surface area contributed by atoms with Gasteiger partial charge in [0.2, 0.25) is 0 Å². The van der Waals surface area contributed by atoms with Gasteiger partial charge in [-0.25, -0.2) is 0 Å². The highest BCUT2D eigenvalue weighted by Gasteiger charge is 2.05. The van der Waals surface area contributed by atoms with Crippen LogP contribution in [0.15, 0.2) is 0 Å². The Morgan fingerprint density at radius 3 is 0.737 bits per heavy atom. The average Bonchev–Trinajstić information content (AvgIpc) is 2.93. The molecular weight excluding hydrogens is 466 g/mol. The van der Waals surface area contributed by atoms with Crippen molar-refractivity contribution in [2.24, 2.45) is 0 Å². The van der Waals surface area contributed by atoms with E-state index in [0.717, 1.165) is 12.8 Å². The van der Waals surface area contributed by atoms with E-state index in [2.05, 4.69) is 11.8 Å². The lowest BCUT2D eigenvalue weighted by Crippen LogP contribution is -2.27. The zero-order chi connectivity index (χ0) is 27.6. The quantitative estimate of drug-likeness (QED) is 0.0799. The Hall–Kier alpha value is -0.120. The van der Waals surface area contributed by atoms with Gasteiger partial charge in [0.05, 0.1) is 0 Å². The van der Waals surface area contributed by atoms with Gasteiger partial charge in [-0.1, -0.05) is 161 Å². The van der Waals surface area contributed by atoms with Gasteiger partial charge >= 0.3 is 0 Å². The van der Waals surface area contributed by atoms with Gasteiger partial charge in [-0.05, 0) is 51.7 Å². The third kappa shape index (κ3) is 32.1. The van der Waals surface area contributed by atoms with Gasteiger partial charge in [-0.15, -0.1) is 0 Å². The van der Waals surface area contributed by atoms with Crippen LogP contribution in [0.25, 0.3) is 0 Å². The maximum Gasteiger partial charge on any atom is 0.0431 e. The summed E-state index contributed by atoms with van der Waals surface area (Å²) < 4.78 is 0. The van der Waals surface area contributed by atoms with E-state index in [1.807, 2.05) is 0 Å². The number of rotatable bonds is 34. The zero-order valence-electron chi connectivity index (χ0n) is 26.4. The van der Waals surface area contributed by atoms with Crippen LogP contribution in [0.3, 0.4) is 0 Å². The van der Waals surface area contributed by atoms with Gasteiger partial charge < -0.3 is 15.1 Å². The number of aliphatic hydroxyl groups is 2. The van der Waals surface area contributed by atoms with E-state index in [4.69, 9.17) is 10.2 Å². The first-order chi connectivity index (χ1) is 18.8. The van der Waals surface area contributed by atoms with E-state index < -0.39 is 0 Å². The van der Waals surface area contributed by atoms with Gasteiger partial charge in [-0.3, -0.25) is 0 Å². The first-order valence-electron chi connectivity index (χ1n) is 17.8. The minimum atomic E-state index is 0.365. The highest BCUT2D eigenvalue weighted by atomic mass is 16.3. The maximum atomic E-state index is 8.86. The number of hydrogen-bond acceptors (Lipinski definition) is 3. The van der Waals surface area contributed by atoms with Crippen LogP contribution in [0, 0.1) is 0 Å². The molecule has 0 aliphatic carbocycles. The molecule has 0 saturated carbocycles. The van der Waals surface area contributed by atoms with Crippen LogP contribution in [-0.4, -0.2) is 48.0 Å².